The molecule has 7 heteroatoms. The molecule has 0 unspecified atom stereocenters. The highest BCUT2D eigenvalue weighted by Gasteiger charge is 2.30. The van der Waals surface area contributed by atoms with Gasteiger partial charge < -0.3 is 4.52 Å². The van der Waals surface area contributed by atoms with E-state index in [2.05, 4.69) is 39.0 Å². The van der Waals surface area contributed by atoms with E-state index in [9.17, 15) is 0 Å². The van der Waals surface area contributed by atoms with Crippen LogP contribution >= 0.6 is 0 Å². The molecule has 3 rings (SSSR count). The first-order chi connectivity index (χ1) is 9.74. The van der Waals surface area contributed by atoms with Crippen LogP contribution in [0.3, 0.4) is 0 Å². The Morgan fingerprint density at radius 3 is 3.00 bits per heavy atom. The van der Waals surface area contributed by atoms with Gasteiger partial charge in [0.1, 0.15) is 12.7 Å². The third-order valence-corrected chi connectivity index (χ3v) is 3.70. The van der Waals surface area contributed by atoms with Crippen LogP contribution in [0.25, 0.3) is 0 Å². The summed E-state index contributed by atoms with van der Waals surface area (Å²) in [5.74, 6) is 1.83. The van der Waals surface area contributed by atoms with Crippen molar-refractivity contribution in [2.24, 2.45) is 0 Å². The average molecular weight is 276 g/mol. The molecule has 1 atom stereocenters. The molecule has 0 spiro atoms. The Morgan fingerprint density at radius 2 is 2.30 bits per heavy atom. The van der Waals surface area contributed by atoms with Crippen molar-refractivity contribution in [3.63, 3.8) is 0 Å². The van der Waals surface area contributed by atoms with Crippen molar-refractivity contribution >= 4 is 0 Å². The fourth-order valence-corrected chi connectivity index (χ4v) is 2.58. The van der Waals surface area contributed by atoms with Gasteiger partial charge in [-0.3, -0.25) is 9.58 Å². The van der Waals surface area contributed by atoms with Gasteiger partial charge in [0.15, 0.2) is 5.82 Å². The van der Waals surface area contributed by atoms with Crippen LogP contribution < -0.4 is 0 Å². The monoisotopic (exact) mass is 276 g/mol. The maximum Gasteiger partial charge on any atom is 0.229 e. The zero-order valence-corrected chi connectivity index (χ0v) is 11.9. The first-order valence-electron chi connectivity index (χ1n) is 7.14. The Bertz CT molecular complexity index is 535. The minimum absolute atomic E-state index is 0.273. The second-order valence-electron chi connectivity index (χ2n) is 5.50. The minimum atomic E-state index is 0.273. The predicted molar refractivity (Wildman–Crippen MR) is 72.0 cm³/mol. The molecule has 0 amide bonds. The molecule has 3 heterocycles. The number of rotatable bonds is 5. The summed E-state index contributed by atoms with van der Waals surface area (Å²) in [6, 6.07) is 0.273. The summed E-state index contributed by atoms with van der Waals surface area (Å²) in [5.41, 5.74) is 0. The number of hydrogen-bond acceptors (Lipinski definition) is 6. The lowest BCUT2D eigenvalue weighted by atomic mass is 10.2. The van der Waals surface area contributed by atoms with Crippen molar-refractivity contribution in [3.8, 4) is 0 Å². The Kier molecular flexibility index (Phi) is 3.77. The van der Waals surface area contributed by atoms with Gasteiger partial charge in [0.25, 0.3) is 0 Å². The van der Waals surface area contributed by atoms with Crippen molar-refractivity contribution in [3.05, 3.63) is 24.4 Å². The highest BCUT2D eigenvalue weighted by atomic mass is 16.5. The molecule has 1 aliphatic rings. The standard InChI is InChI=1S/C13H20N6O/c1-10(2)13-16-12(17-20-13)11-4-3-5-18(11)6-7-19-9-14-8-15-19/h8-11H,3-7H2,1-2H3/t11-/m1/s1. The predicted octanol–water partition coefficient (Wildman–Crippen LogP) is 1.62. The third kappa shape index (κ3) is 2.72. The zero-order chi connectivity index (χ0) is 13.9. The maximum absolute atomic E-state index is 5.32. The van der Waals surface area contributed by atoms with Crippen molar-refractivity contribution < 1.29 is 4.52 Å². The molecular weight excluding hydrogens is 256 g/mol. The van der Waals surface area contributed by atoms with Crippen LogP contribution in [0.4, 0.5) is 0 Å². The van der Waals surface area contributed by atoms with Gasteiger partial charge >= 0.3 is 0 Å². The van der Waals surface area contributed by atoms with E-state index in [1.54, 1.807) is 12.7 Å². The molecule has 0 aliphatic carbocycles. The second-order valence-corrected chi connectivity index (χ2v) is 5.50. The summed E-state index contributed by atoms with van der Waals surface area (Å²) in [7, 11) is 0. The van der Waals surface area contributed by atoms with E-state index in [0.29, 0.717) is 0 Å². The van der Waals surface area contributed by atoms with Crippen LogP contribution in [-0.4, -0.2) is 42.9 Å². The van der Waals surface area contributed by atoms with Gasteiger partial charge in [-0.1, -0.05) is 19.0 Å². The highest BCUT2D eigenvalue weighted by Crippen LogP contribution is 2.30. The van der Waals surface area contributed by atoms with Crippen molar-refractivity contribution in [1.29, 1.82) is 0 Å². The zero-order valence-electron chi connectivity index (χ0n) is 11.9. The lowest BCUT2D eigenvalue weighted by Crippen LogP contribution is -2.28. The maximum atomic E-state index is 5.32. The summed E-state index contributed by atoms with van der Waals surface area (Å²) in [5, 5.41) is 8.28. The number of hydrogen-bond donors (Lipinski definition) is 0. The van der Waals surface area contributed by atoms with Gasteiger partial charge in [0, 0.05) is 12.5 Å². The molecular formula is C13H20N6O. The summed E-state index contributed by atoms with van der Waals surface area (Å²) in [4.78, 5) is 10.9. The molecule has 1 saturated heterocycles. The molecule has 2 aromatic heterocycles. The topological polar surface area (TPSA) is 72.9 Å². The first kappa shape index (κ1) is 13.2. The van der Waals surface area contributed by atoms with Crippen LogP contribution in [-0.2, 0) is 6.54 Å². The Balaban J connectivity index is 1.65. The van der Waals surface area contributed by atoms with Crippen LogP contribution in [0, 0.1) is 0 Å². The molecule has 7 nitrogen and oxygen atoms in total. The lowest BCUT2D eigenvalue weighted by Gasteiger charge is -2.21. The molecule has 0 saturated carbocycles. The quantitative estimate of drug-likeness (QED) is 0.826. The smallest absolute Gasteiger partial charge is 0.229 e. The summed E-state index contributed by atoms with van der Waals surface area (Å²) in [6.45, 7) is 6.97. The van der Waals surface area contributed by atoms with E-state index in [4.69, 9.17) is 4.52 Å². The second kappa shape index (κ2) is 5.70. The van der Waals surface area contributed by atoms with E-state index in [0.717, 1.165) is 37.8 Å². The third-order valence-electron chi connectivity index (χ3n) is 3.70. The largest absolute Gasteiger partial charge is 0.339 e. The highest BCUT2D eigenvalue weighted by molar-refractivity contribution is 4.99. The fraction of sp³-hybridized carbons (Fsp3) is 0.692. The van der Waals surface area contributed by atoms with Gasteiger partial charge in [-0.2, -0.15) is 10.1 Å². The number of likely N-dealkylation sites (tertiary alicyclic amines) is 1. The van der Waals surface area contributed by atoms with E-state index in [1.807, 2.05) is 4.68 Å². The van der Waals surface area contributed by atoms with Gasteiger partial charge in [-0.15, -0.1) is 0 Å². The molecule has 0 N–H and O–H groups in total. The number of aromatic nitrogens is 5. The van der Waals surface area contributed by atoms with E-state index >= 15 is 0 Å². The molecule has 2 aromatic rings. The van der Waals surface area contributed by atoms with Crippen LogP contribution in [0.15, 0.2) is 17.2 Å². The SMILES string of the molecule is CC(C)c1nc([C@H]2CCCN2CCn2cncn2)no1. The molecule has 1 aliphatic heterocycles. The average Bonchev–Trinajstić information content (AvgIpc) is 3.17. The molecule has 0 radical (unpaired) electrons. The molecule has 0 aromatic carbocycles. The number of nitrogens with zero attached hydrogens (tertiary/aromatic N) is 6. The van der Waals surface area contributed by atoms with Crippen LogP contribution in [0.1, 0.15) is 50.4 Å². The Labute approximate surface area is 118 Å². The van der Waals surface area contributed by atoms with E-state index in [-0.39, 0.29) is 12.0 Å². The van der Waals surface area contributed by atoms with Crippen molar-refractivity contribution in [2.75, 3.05) is 13.1 Å². The molecule has 1 fully saturated rings. The van der Waals surface area contributed by atoms with Gasteiger partial charge in [0.05, 0.1) is 12.6 Å². The first-order valence-corrected chi connectivity index (χ1v) is 7.14. The van der Waals surface area contributed by atoms with Crippen LogP contribution in [0.2, 0.25) is 0 Å². The Hall–Kier alpha value is -1.76. The molecule has 20 heavy (non-hydrogen) atoms. The van der Waals surface area contributed by atoms with Crippen molar-refractivity contribution in [1.82, 2.24) is 29.8 Å². The van der Waals surface area contributed by atoms with Crippen LogP contribution in [0.5, 0.6) is 0 Å². The minimum Gasteiger partial charge on any atom is -0.339 e. The normalized spacial score (nSPS) is 20.1. The Morgan fingerprint density at radius 1 is 1.40 bits per heavy atom. The van der Waals surface area contributed by atoms with Gasteiger partial charge in [-0.25, -0.2) is 4.98 Å². The van der Waals surface area contributed by atoms with Gasteiger partial charge in [0.2, 0.25) is 5.89 Å². The van der Waals surface area contributed by atoms with E-state index in [1.165, 1.54) is 6.42 Å². The van der Waals surface area contributed by atoms with E-state index < -0.39 is 0 Å². The lowest BCUT2D eigenvalue weighted by molar-refractivity contribution is 0.229. The molecule has 108 valence electrons. The molecule has 0 bridgehead atoms. The van der Waals surface area contributed by atoms with Gasteiger partial charge in [-0.05, 0) is 19.4 Å². The summed E-state index contributed by atoms with van der Waals surface area (Å²) < 4.78 is 7.17. The summed E-state index contributed by atoms with van der Waals surface area (Å²) >= 11 is 0. The summed E-state index contributed by atoms with van der Waals surface area (Å²) in [6.07, 6.45) is 5.58. The van der Waals surface area contributed by atoms with Crippen molar-refractivity contribution in [2.45, 2.75) is 45.2 Å². The fourth-order valence-electron chi connectivity index (χ4n) is 2.58.